The maximum absolute atomic E-state index is 6.70. The van der Waals surface area contributed by atoms with Gasteiger partial charge < -0.3 is 13.9 Å². The Morgan fingerprint density at radius 1 is 0.652 bits per heavy atom. The standard InChI is InChI=1S/C43H32N2O/c1-43(2)35-23-22-31(44(29-14-4-3-5-15-29)30-21-20-27-12-6-7-13-28(27)24-30)25-38(35)45-37-18-10-8-17-33(37)40-41(45)36(43)26-34-32-16-9-11-19-39(32)46-42(34)40/h3-25,36H,26H2,1-2H3. The zero-order chi connectivity index (χ0) is 30.6. The molecule has 2 aliphatic rings. The summed E-state index contributed by atoms with van der Waals surface area (Å²) in [6.07, 6.45) is 0.955. The molecule has 46 heavy (non-hydrogen) atoms. The quantitative estimate of drug-likeness (QED) is 0.203. The minimum atomic E-state index is -0.0937. The third-order valence-electron chi connectivity index (χ3n) is 10.6. The Balaban J connectivity index is 1.25. The van der Waals surface area contributed by atoms with Crippen LogP contribution in [-0.2, 0) is 11.8 Å². The first-order valence-electron chi connectivity index (χ1n) is 16.2. The minimum absolute atomic E-state index is 0.0937. The van der Waals surface area contributed by atoms with E-state index in [1.165, 1.54) is 55.1 Å². The molecule has 0 amide bonds. The van der Waals surface area contributed by atoms with Crippen LogP contribution >= 0.6 is 0 Å². The lowest BCUT2D eigenvalue weighted by Crippen LogP contribution is -2.37. The van der Waals surface area contributed by atoms with Crippen molar-refractivity contribution in [2.45, 2.75) is 31.6 Å². The van der Waals surface area contributed by atoms with Crippen molar-refractivity contribution in [3.8, 4) is 17.0 Å². The van der Waals surface area contributed by atoms with E-state index in [0.29, 0.717) is 5.92 Å². The number of anilines is 3. The molecular formula is C43H32N2O. The van der Waals surface area contributed by atoms with Crippen LogP contribution in [0.25, 0.3) is 49.7 Å². The molecule has 0 spiro atoms. The molecule has 0 fully saturated rings. The van der Waals surface area contributed by atoms with Crippen LogP contribution in [0.3, 0.4) is 0 Å². The smallest absolute Gasteiger partial charge is 0.141 e. The van der Waals surface area contributed by atoms with Crippen molar-refractivity contribution in [2.75, 3.05) is 4.90 Å². The van der Waals surface area contributed by atoms with Gasteiger partial charge in [0.1, 0.15) is 11.3 Å². The van der Waals surface area contributed by atoms with E-state index in [2.05, 4.69) is 163 Å². The van der Waals surface area contributed by atoms with Crippen molar-refractivity contribution in [3.63, 3.8) is 0 Å². The van der Waals surface area contributed by atoms with E-state index in [9.17, 15) is 0 Å². The molecule has 0 saturated heterocycles. The van der Waals surface area contributed by atoms with Crippen molar-refractivity contribution < 1.29 is 4.42 Å². The second-order valence-electron chi connectivity index (χ2n) is 13.4. The molecule has 3 heterocycles. The molecule has 1 atom stereocenters. The first-order valence-corrected chi connectivity index (χ1v) is 16.2. The van der Waals surface area contributed by atoms with Gasteiger partial charge in [-0.3, -0.25) is 0 Å². The van der Waals surface area contributed by atoms with E-state index < -0.39 is 0 Å². The lowest BCUT2D eigenvalue weighted by molar-refractivity contribution is 0.378. The molecule has 1 unspecified atom stereocenters. The maximum atomic E-state index is 6.70. The summed E-state index contributed by atoms with van der Waals surface area (Å²) in [5.41, 5.74) is 12.1. The van der Waals surface area contributed by atoms with Crippen LogP contribution < -0.4 is 4.90 Å². The van der Waals surface area contributed by atoms with Gasteiger partial charge in [0, 0.05) is 56.0 Å². The number of fused-ring (bicyclic) bond motifs is 10. The van der Waals surface area contributed by atoms with Crippen molar-refractivity contribution in [1.29, 1.82) is 0 Å². The topological polar surface area (TPSA) is 21.3 Å². The highest BCUT2D eigenvalue weighted by atomic mass is 16.3. The third-order valence-corrected chi connectivity index (χ3v) is 10.6. The first kappa shape index (κ1) is 25.8. The molecule has 1 aliphatic heterocycles. The highest BCUT2D eigenvalue weighted by molar-refractivity contribution is 6.04. The highest BCUT2D eigenvalue weighted by Gasteiger charge is 2.47. The lowest BCUT2D eigenvalue weighted by Gasteiger charge is -2.44. The summed E-state index contributed by atoms with van der Waals surface area (Å²) in [6.45, 7) is 4.87. The number of furan rings is 1. The molecular weight excluding hydrogens is 560 g/mol. The monoisotopic (exact) mass is 592 g/mol. The summed E-state index contributed by atoms with van der Waals surface area (Å²) < 4.78 is 9.26. The molecule has 8 aromatic rings. The van der Waals surface area contributed by atoms with Gasteiger partial charge in [-0.2, -0.15) is 0 Å². The number of rotatable bonds is 3. The summed E-state index contributed by atoms with van der Waals surface area (Å²) >= 11 is 0. The van der Waals surface area contributed by atoms with Gasteiger partial charge in [0.25, 0.3) is 0 Å². The second kappa shape index (κ2) is 9.24. The minimum Gasteiger partial charge on any atom is -0.456 e. The average Bonchev–Trinajstić information content (AvgIpc) is 3.64. The number of para-hydroxylation sites is 3. The normalized spacial score (nSPS) is 15.9. The fraction of sp³-hybridized carbons (Fsp3) is 0.116. The van der Waals surface area contributed by atoms with Gasteiger partial charge >= 0.3 is 0 Å². The van der Waals surface area contributed by atoms with Crippen LogP contribution in [0.2, 0.25) is 0 Å². The predicted octanol–water partition coefficient (Wildman–Crippen LogP) is 11.6. The SMILES string of the molecule is CC1(C)c2ccc(N(c3ccccc3)c3ccc4ccccc4c3)cc2-n2c3c(c4ccccc42)-c2oc4ccccc4c2CC31. The summed E-state index contributed by atoms with van der Waals surface area (Å²) in [5, 5.41) is 4.97. The van der Waals surface area contributed by atoms with Crippen molar-refractivity contribution in [2.24, 2.45) is 0 Å². The molecule has 0 bridgehead atoms. The van der Waals surface area contributed by atoms with Crippen molar-refractivity contribution >= 4 is 49.7 Å². The van der Waals surface area contributed by atoms with Crippen molar-refractivity contribution in [1.82, 2.24) is 4.57 Å². The van der Waals surface area contributed by atoms with Gasteiger partial charge in [-0.15, -0.1) is 0 Å². The van der Waals surface area contributed by atoms with E-state index in [-0.39, 0.29) is 5.41 Å². The Morgan fingerprint density at radius 3 is 2.22 bits per heavy atom. The van der Waals surface area contributed by atoms with Crippen LogP contribution in [-0.4, -0.2) is 4.57 Å². The number of aromatic nitrogens is 1. The predicted molar refractivity (Wildman–Crippen MR) is 190 cm³/mol. The van der Waals surface area contributed by atoms with E-state index in [0.717, 1.165) is 34.8 Å². The van der Waals surface area contributed by atoms with Crippen LogP contribution in [0.1, 0.15) is 36.6 Å². The average molecular weight is 593 g/mol. The zero-order valence-electron chi connectivity index (χ0n) is 25.9. The molecule has 0 radical (unpaired) electrons. The van der Waals surface area contributed by atoms with Gasteiger partial charge in [0.05, 0.1) is 11.2 Å². The fourth-order valence-electron chi connectivity index (χ4n) is 8.41. The van der Waals surface area contributed by atoms with Crippen LogP contribution in [0, 0.1) is 0 Å². The van der Waals surface area contributed by atoms with Gasteiger partial charge in [-0.1, -0.05) is 105 Å². The lowest BCUT2D eigenvalue weighted by atomic mass is 9.64. The number of benzene rings is 6. The van der Waals surface area contributed by atoms with Crippen LogP contribution in [0.15, 0.2) is 144 Å². The largest absolute Gasteiger partial charge is 0.456 e. The number of hydrogen-bond acceptors (Lipinski definition) is 2. The summed E-state index contributed by atoms with van der Waals surface area (Å²) in [5.74, 6) is 1.35. The Bertz CT molecular complexity index is 2500. The highest BCUT2D eigenvalue weighted by Crippen LogP contribution is 2.58. The Morgan fingerprint density at radius 2 is 1.35 bits per heavy atom. The fourth-order valence-corrected chi connectivity index (χ4v) is 8.41. The van der Waals surface area contributed by atoms with Crippen molar-refractivity contribution in [3.05, 3.63) is 156 Å². The second-order valence-corrected chi connectivity index (χ2v) is 13.4. The molecule has 0 saturated carbocycles. The third kappa shape index (κ3) is 3.43. The van der Waals surface area contributed by atoms with E-state index in [4.69, 9.17) is 4.42 Å². The Kier molecular flexibility index (Phi) is 5.18. The molecule has 0 N–H and O–H groups in total. The Hall–Kier alpha value is -5.54. The molecule has 220 valence electrons. The summed E-state index contributed by atoms with van der Waals surface area (Å²) in [6, 6.07) is 50.6. The van der Waals surface area contributed by atoms with Gasteiger partial charge in [-0.05, 0) is 71.3 Å². The molecule has 6 aromatic carbocycles. The number of hydrogen-bond donors (Lipinski definition) is 0. The molecule has 3 heteroatoms. The van der Waals surface area contributed by atoms with Gasteiger partial charge in [0.2, 0.25) is 0 Å². The van der Waals surface area contributed by atoms with Crippen LogP contribution in [0.5, 0.6) is 0 Å². The number of nitrogens with zero attached hydrogens (tertiary/aromatic N) is 2. The Labute approximate surface area is 267 Å². The van der Waals surface area contributed by atoms with Gasteiger partial charge in [0.15, 0.2) is 0 Å². The van der Waals surface area contributed by atoms with Crippen LogP contribution in [0.4, 0.5) is 17.1 Å². The molecule has 3 nitrogen and oxygen atoms in total. The zero-order valence-corrected chi connectivity index (χ0v) is 25.9. The van der Waals surface area contributed by atoms with E-state index in [1.807, 2.05) is 0 Å². The first-order chi connectivity index (χ1) is 22.6. The molecule has 10 rings (SSSR count). The summed E-state index contributed by atoms with van der Waals surface area (Å²) in [7, 11) is 0. The maximum Gasteiger partial charge on any atom is 0.141 e. The summed E-state index contributed by atoms with van der Waals surface area (Å²) in [4.78, 5) is 2.39. The molecule has 1 aliphatic carbocycles. The van der Waals surface area contributed by atoms with Gasteiger partial charge in [-0.25, -0.2) is 0 Å². The van der Waals surface area contributed by atoms with E-state index in [1.54, 1.807) is 0 Å². The molecule has 2 aromatic heterocycles. The van der Waals surface area contributed by atoms with E-state index >= 15 is 0 Å².